The molecule has 5 aliphatic rings. The molecule has 1 aromatic carbocycles. The van der Waals surface area contributed by atoms with E-state index in [-0.39, 0.29) is 25.0 Å². The van der Waals surface area contributed by atoms with Crippen LogP contribution in [0.25, 0.3) is 0 Å². The summed E-state index contributed by atoms with van der Waals surface area (Å²) in [4.78, 5) is 2.60. The zero-order valence-electron chi connectivity index (χ0n) is 29.0. The molecule has 2 heterocycles. The fourth-order valence-electron chi connectivity index (χ4n) is 8.55. The highest BCUT2D eigenvalue weighted by molar-refractivity contribution is 5.63. The summed E-state index contributed by atoms with van der Waals surface area (Å²) < 4.78 is 57.5. The molecule has 12 heteroatoms. The molecule has 0 radical (unpaired) electrons. The number of benzene rings is 1. The standard InChI is InChI=1S/C36H57NO11/c1-39-12-14-41-16-17-42-18-19-43-20-21-44-22-23-46-30-8-9-36(38)31-24-28-6-7-29(47-26-45-15-13-40-2)33-32(28)35(36,34(30)48-33)10-11-37(31)25-27-4-3-5-27/h6-7,27,30-31,34,38H,3-5,8-26H2,1-2H3/t30-,31+,34-,35-,36+/m0/s1. The number of nitrogens with zero attached hydrogens (tertiary/aromatic N) is 1. The molecular formula is C36H57NO11. The summed E-state index contributed by atoms with van der Waals surface area (Å²) >= 11 is 0. The third-order valence-corrected chi connectivity index (χ3v) is 11.1. The Kier molecular flexibility index (Phi) is 13.3. The van der Waals surface area contributed by atoms with Gasteiger partial charge in [0.15, 0.2) is 18.3 Å². The lowest BCUT2D eigenvalue weighted by Gasteiger charge is -2.64. The Balaban J connectivity index is 1.03. The highest BCUT2D eigenvalue weighted by atomic mass is 16.7. The minimum absolute atomic E-state index is 0.0736. The van der Waals surface area contributed by atoms with Crippen LogP contribution in [0.2, 0.25) is 0 Å². The predicted molar refractivity (Wildman–Crippen MR) is 176 cm³/mol. The number of hydrogen-bond donors (Lipinski definition) is 1. The van der Waals surface area contributed by atoms with Gasteiger partial charge in [-0.15, -0.1) is 0 Å². The molecule has 3 fully saturated rings. The SMILES string of the molecule is COCCOCCOCCOCCOCCO[C@H]1CC[C@@]2(O)[C@H]3Cc4ccc(OCOCCOC)c5c4[C@@]2(CCN3CC2CCC2)[C@H]1O5. The quantitative estimate of drug-likeness (QED) is 0.128. The third kappa shape index (κ3) is 7.68. The molecule has 0 aromatic heterocycles. The topological polar surface area (TPSA) is 116 Å². The van der Waals surface area contributed by atoms with Crippen molar-refractivity contribution in [3.63, 3.8) is 0 Å². The van der Waals surface area contributed by atoms with Gasteiger partial charge in [-0.1, -0.05) is 12.5 Å². The van der Waals surface area contributed by atoms with E-state index in [0.717, 1.165) is 49.6 Å². The zero-order valence-corrected chi connectivity index (χ0v) is 29.0. The van der Waals surface area contributed by atoms with Crippen LogP contribution in [-0.2, 0) is 49.7 Å². The first kappa shape index (κ1) is 36.2. The van der Waals surface area contributed by atoms with Gasteiger partial charge in [-0.05, 0) is 62.6 Å². The average Bonchev–Trinajstić information content (AvgIpc) is 3.42. The van der Waals surface area contributed by atoms with Crippen LogP contribution in [0.3, 0.4) is 0 Å². The van der Waals surface area contributed by atoms with Gasteiger partial charge in [0, 0.05) is 32.4 Å². The van der Waals surface area contributed by atoms with Gasteiger partial charge in [-0.2, -0.15) is 0 Å². The van der Waals surface area contributed by atoms with E-state index in [2.05, 4.69) is 11.0 Å². The van der Waals surface area contributed by atoms with Crippen LogP contribution >= 0.6 is 0 Å². The van der Waals surface area contributed by atoms with Crippen molar-refractivity contribution in [3.05, 3.63) is 23.3 Å². The van der Waals surface area contributed by atoms with Gasteiger partial charge in [0.1, 0.15) is 6.10 Å². The molecule has 2 saturated carbocycles. The maximum Gasteiger partial charge on any atom is 0.189 e. The maximum absolute atomic E-state index is 12.9. The monoisotopic (exact) mass is 679 g/mol. The normalized spacial score (nSPS) is 29.0. The van der Waals surface area contributed by atoms with E-state index in [1.54, 1.807) is 14.2 Å². The second-order valence-electron chi connectivity index (χ2n) is 13.7. The van der Waals surface area contributed by atoms with Crippen molar-refractivity contribution in [2.24, 2.45) is 5.92 Å². The lowest BCUT2D eigenvalue weighted by Crippen LogP contribution is -2.77. The number of aliphatic hydroxyl groups is 1. The van der Waals surface area contributed by atoms with Gasteiger partial charge in [0.05, 0.1) is 96.4 Å². The van der Waals surface area contributed by atoms with Crippen molar-refractivity contribution < 1.29 is 52.5 Å². The van der Waals surface area contributed by atoms with Crippen LogP contribution in [0.15, 0.2) is 12.1 Å². The molecule has 1 saturated heterocycles. The van der Waals surface area contributed by atoms with E-state index in [1.165, 1.54) is 24.8 Å². The van der Waals surface area contributed by atoms with Crippen molar-refractivity contribution in [3.8, 4) is 11.5 Å². The van der Waals surface area contributed by atoms with E-state index < -0.39 is 11.0 Å². The predicted octanol–water partition coefficient (Wildman–Crippen LogP) is 2.74. The van der Waals surface area contributed by atoms with Gasteiger partial charge in [0.25, 0.3) is 0 Å². The van der Waals surface area contributed by atoms with Gasteiger partial charge in [0.2, 0.25) is 0 Å². The third-order valence-electron chi connectivity index (χ3n) is 11.1. The van der Waals surface area contributed by atoms with E-state index in [9.17, 15) is 5.11 Å². The van der Waals surface area contributed by atoms with Crippen LogP contribution in [0.5, 0.6) is 11.5 Å². The molecular weight excluding hydrogens is 622 g/mol. The second-order valence-corrected chi connectivity index (χ2v) is 13.7. The lowest BCUT2D eigenvalue weighted by molar-refractivity contribution is -0.218. The number of likely N-dealkylation sites (tertiary alicyclic amines) is 1. The van der Waals surface area contributed by atoms with Gasteiger partial charge in [-0.25, -0.2) is 0 Å². The summed E-state index contributed by atoms with van der Waals surface area (Å²) in [6.07, 6.45) is 6.55. The molecule has 0 amide bonds. The molecule has 12 nitrogen and oxygen atoms in total. The molecule has 1 spiro atoms. The first-order valence-electron chi connectivity index (χ1n) is 18.0. The summed E-state index contributed by atoms with van der Waals surface area (Å²) in [7, 11) is 3.30. The number of hydrogen-bond acceptors (Lipinski definition) is 12. The molecule has 2 bridgehead atoms. The number of methoxy groups -OCH3 is 2. The Labute approximate surface area is 285 Å². The fourth-order valence-corrected chi connectivity index (χ4v) is 8.55. The Morgan fingerprint density at radius 2 is 1.44 bits per heavy atom. The molecule has 1 N–H and O–H groups in total. The molecule has 48 heavy (non-hydrogen) atoms. The number of ether oxygens (including phenoxy) is 10. The minimum atomic E-state index is -0.889. The summed E-state index contributed by atoms with van der Waals surface area (Å²) in [6.45, 7) is 8.26. The van der Waals surface area contributed by atoms with E-state index in [1.807, 2.05) is 6.07 Å². The van der Waals surface area contributed by atoms with Crippen LogP contribution in [0.1, 0.15) is 49.7 Å². The average molecular weight is 680 g/mol. The Hall–Kier alpha value is -1.58. The number of rotatable bonds is 24. The molecule has 3 aliphatic carbocycles. The molecule has 1 aromatic rings. The van der Waals surface area contributed by atoms with Crippen LogP contribution in [0.4, 0.5) is 0 Å². The lowest BCUT2D eigenvalue weighted by atomic mass is 9.48. The molecule has 0 unspecified atom stereocenters. The van der Waals surface area contributed by atoms with Crippen molar-refractivity contribution in [1.29, 1.82) is 0 Å². The second kappa shape index (κ2) is 17.6. The number of piperidine rings is 1. The van der Waals surface area contributed by atoms with Gasteiger partial charge >= 0.3 is 0 Å². The Morgan fingerprint density at radius 3 is 2.08 bits per heavy atom. The summed E-state index contributed by atoms with van der Waals surface area (Å²) in [5.41, 5.74) is 0.967. The minimum Gasteiger partial charge on any atom is -0.482 e. The van der Waals surface area contributed by atoms with E-state index >= 15 is 0 Å². The van der Waals surface area contributed by atoms with Crippen LogP contribution in [-0.4, -0.2) is 147 Å². The maximum atomic E-state index is 12.9. The fraction of sp³-hybridized carbons (Fsp3) is 0.833. The summed E-state index contributed by atoms with van der Waals surface area (Å²) in [5, 5.41) is 12.9. The summed E-state index contributed by atoms with van der Waals surface area (Å²) in [6, 6.07) is 4.26. The van der Waals surface area contributed by atoms with Crippen LogP contribution in [0, 0.1) is 5.92 Å². The van der Waals surface area contributed by atoms with E-state index in [4.69, 9.17) is 47.4 Å². The van der Waals surface area contributed by atoms with Crippen molar-refractivity contribution in [2.75, 3.05) is 113 Å². The molecule has 5 atom stereocenters. The summed E-state index contributed by atoms with van der Waals surface area (Å²) in [5.74, 6) is 2.16. The van der Waals surface area contributed by atoms with Crippen molar-refractivity contribution in [2.45, 2.75) is 74.2 Å². The molecule has 272 valence electrons. The smallest absolute Gasteiger partial charge is 0.189 e. The van der Waals surface area contributed by atoms with Gasteiger partial charge < -0.3 is 52.5 Å². The van der Waals surface area contributed by atoms with Crippen molar-refractivity contribution in [1.82, 2.24) is 4.90 Å². The highest BCUT2D eigenvalue weighted by Gasteiger charge is 2.73. The molecule has 6 rings (SSSR count). The molecule has 2 aliphatic heterocycles. The Bertz CT molecular complexity index is 1140. The largest absolute Gasteiger partial charge is 0.482 e. The Morgan fingerprint density at radius 1 is 0.792 bits per heavy atom. The van der Waals surface area contributed by atoms with E-state index in [0.29, 0.717) is 91.5 Å². The van der Waals surface area contributed by atoms with Gasteiger partial charge in [-0.3, -0.25) is 4.90 Å². The first-order valence-corrected chi connectivity index (χ1v) is 18.0. The van der Waals surface area contributed by atoms with Crippen LogP contribution < -0.4 is 9.47 Å². The first-order chi connectivity index (χ1) is 23.6. The zero-order chi connectivity index (χ0) is 33.2. The highest BCUT2D eigenvalue weighted by Crippen LogP contribution is 2.66. The van der Waals surface area contributed by atoms with Crippen molar-refractivity contribution >= 4 is 0 Å².